The fourth-order valence-electron chi connectivity index (χ4n) is 1.77. The molecule has 2 aromatic rings. The van der Waals surface area contributed by atoms with Crippen molar-refractivity contribution < 1.29 is 13.5 Å². The molecular weight excluding hydrogens is 278 g/mol. The fraction of sp³-hybridized carbons (Fsp3) is 0.231. The van der Waals surface area contributed by atoms with Crippen molar-refractivity contribution in [3.63, 3.8) is 0 Å². The van der Waals surface area contributed by atoms with Gasteiger partial charge in [-0.2, -0.15) is 0 Å². The number of aryl methyl sites for hydroxylation is 1. The van der Waals surface area contributed by atoms with Gasteiger partial charge < -0.3 is 5.11 Å². The molecule has 0 radical (unpaired) electrons. The molecule has 20 heavy (non-hydrogen) atoms. The molecule has 0 unspecified atom stereocenters. The van der Waals surface area contributed by atoms with Gasteiger partial charge in [0.2, 0.25) is 5.95 Å². The average Bonchev–Trinajstić information content (AvgIpc) is 2.47. The molecule has 1 heterocycles. The van der Waals surface area contributed by atoms with E-state index in [0.717, 1.165) is 0 Å². The molecule has 0 amide bonds. The van der Waals surface area contributed by atoms with Crippen LogP contribution < -0.4 is 4.72 Å². The molecule has 106 valence electrons. The molecule has 0 atom stereocenters. The van der Waals surface area contributed by atoms with Gasteiger partial charge in [-0.1, -0.05) is 19.1 Å². The van der Waals surface area contributed by atoms with Crippen molar-refractivity contribution in [1.82, 2.24) is 9.97 Å². The third kappa shape index (κ3) is 3.12. The summed E-state index contributed by atoms with van der Waals surface area (Å²) in [6, 6.07) is 6.47. The summed E-state index contributed by atoms with van der Waals surface area (Å²) in [5.41, 5.74) is 1.21. The zero-order valence-corrected chi connectivity index (χ0v) is 11.8. The molecule has 0 bridgehead atoms. The van der Waals surface area contributed by atoms with Gasteiger partial charge in [-0.15, -0.1) is 0 Å². The highest BCUT2D eigenvalue weighted by Crippen LogP contribution is 2.20. The number of sulfonamides is 1. The average molecular weight is 293 g/mol. The van der Waals surface area contributed by atoms with Crippen LogP contribution in [0.15, 0.2) is 41.6 Å². The van der Waals surface area contributed by atoms with E-state index in [-0.39, 0.29) is 17.5 Å². The lowest BCUT2D eigenvalue weighted by atomic mass is 10.1. The van der Waals surface area contributed by atoms with Crippen LogP contribution in [0.1, 0.15) is 18.1 Å². The minimum absolute atomic E-state index is 0.0176. The number of nitrogens with zero attached hydrogens (tertiary/aromatic N) is 2. The molecule has 0 saturated heterocycles. The van der Waals surface area contributed by atoms with Crippen LogP contribution in [0.3, 0.4) is 0 Å². The molecule has 0 aliphatic carbocycles. The Kier molecular flexibility index (Phi) is 4.31. The van der Waals surface area contributed by atoms with E-state index in [2.05, 4.69) is 14.7 Å². The molecular formula is C13H15N3O3S. The van der Waals surface area contributed by atoms with Gasteiger partial charge in [-0.3, -0.25) is 0 Å². The van der Waals surface area contributed by atoms with Crippen molar-refractivity contribution in [2.75, 3.05) is 4.72 Å². The van der Waals surface area contributed by atoms with Crippen LogP contribution in [-0.2, 0) is 23.1 Å². The van der Waals surface area contributed by atoms with E-state index in [4.69, 9.17) is 5.11 Å². The zero-order chi connectivity index (χ0) is 14.6. The predicted octanol–water partition coefficient (Wildman–Crippen LogP) is 1.33. The molecule has 1 aromatic heterocycles. The highest BCUT2D eigenvalue weighted by atomic mass is 32.2. The molecule has 0 aliphatic rings. The first-order chi connectivity index (χ1) is 9.56. The van der Waals surface area contributed by atoms with E-state index in [1.807, 2.05) is 6.92 Å². The Morgan fingerprint density at radius 1 is 1.25 bits per heavy atom. The second kappa shape index (κ2) is 5.98. The lowest BCUT2D eigenvalue weighted by molar-refractivity contribution is 0.281. The zero-order valence-electron chi connectivity index (χ0n) is 10.9. The van der Waals surface area contributed by atoms with Crippen molar-refractivity contribution in [2.24, 2.45) is 0 Å². The lowest BCUT2D eigenvalue weighted by Gasteiger charge is -2.11. The number of benzene rings is 1. The Labute approximate surface area is 117 Å². The highest BCUT2D eigenvalue weighted by Gasteiger charge is 2.19. The first-order valence-corrected chi connectivity index (χ1v) is 7.57. The van der Waals surface area contributed by atoms with E-state index in [0.29, 0.717) is 17.5 Å². The number of hydrogen-bond acceptors (Lipinski definition) is 5. The van der Waals surface area contributed by atoms with Crippen LogP contribution in [0, 0.1) is 0 Å². The van der Waals surface area contributed by atoms with Crippen LogP contribution in [0.2, 0.25) is 0 Å². The topological polar surface area (TPSA) is 92.2 Å². The Balaban J connectivity index is 2.43. The van der Waals surface area contributed by atoms with Crippen LogP contribution in [0.5, 0.6) is 0 Å². The molecule has 0 fully saturated rings. The maximum absolute atomic E-state index is 12.4. The molecule has 2 N–H and O–H groups in total. The van der Waals surface area contributed by atoms with E-state index in [1.165, 1.54) is 18.5 Å². The third-order valence-corrected chi connectivity index (χ3v) is 4.19. The van der Waals surface area contributed by atoms with Crippen molar-refractivity contribution in [3.8, 4) is 0 Å². The Morgan fingerprint density at radius 3 is 2.55 bits per heavy atom. The van der Waals surface area contributed by atoms with Gasteiger partial charge in [-0.25, -0.2) is 23.1 Å². The Bertz CT molecular complexity index is 687. The maximum Gasteiger partial charge on any atom is 0.264 e. The van der Waals surface area contributed by atoms with E-state index < -0.39 is 10.0 Å². The van der Waals surface area contributed by atoms with Crippen molar-refractivity contribution in [3.05, 3.63) is 47.8 Å². The quantitative estimate of drug-likeness (QED) is 0.867. The Hall–Kier alpha value is -1.99. The van der Waals surface area contributed by atoms with Gasteiger partial charge in [0.1, 0.15) is 0 Å². The summed E-state index contributed by atoms with van der Waals surface area (Å²) in [5, 5.41) is 9.14. The first-order valence-electron chi connectivity index (χ1n) is 6.09. The molecule has 0 spiro atoms. The van der Waals surface area contributed by atoms with Gasteiger partial charge in [0.05, 0.1) is 11.5 Å². The van der Waals surface area contributed by atoms with E-state index in [1.54, 1.807) is 18.2 Å². The van der Waals surface area contributed by atoms with Crippen molar-refractivity contribution >= 4 is 16.0 Å². The molecule has 0 saturated carbocycles. The molecule has 1 aromatic carbocycles. The summed E-state index contributed by atoms with van der Waals surface area (Å²) in [7, 11) is -3.77. The third-order valence-electron chi connectivity index (χ3n) is 2.78. The summed E-state index contributed by atoms with van der Waals surface area (Å²) in [6.07, 6.45) is 3.48. The van der Waals surface area contributed by atoms with Gasteiger partial charge in [0.25, 0.3) is 10.0 Å². The van der Waals surface area contributed by atoms with Gasteiger partial charge in [-0.05, 0) is 29.7 Å². The number of anilines is 1. The van der Waals surface area contributed by atoms with Crippen molar-refractivity contribution in [2.45, 2.75) is 24.8 Å². The standard InChI is InChI=1S/C13H15N3O3S/c1-2-11-5-4-10(9-17)8-12(11)20(18,19)16-13-14-6-3-7-15-13/h3-8,17H,2,9H2,1H3,(H,14,15,16). The number of hydrogen-bond donors (Lipinski definition) is 2. The number of rotatable bonds is 5. The number of nitrogens with one attached hydrogen (secondary N) is 1. The Morgan fingerprint density at radius 2 is 1.95 bits per heavy atom. The minimum atomic E-state index is -3.77. The van der Waals surface area contributed by atoms with E-state index in [9.17, 15) is 8.42 Å². The van der Waals surface area contributed by atoms with Crippen LogP contribution in [0.25, 0.3) is 0 Å². The normalized spacial score (nSPS) is 11.3. The predicted molar refractivity (Wildman–Crippen MR) is 74.6 cm³/mol. The summed E-state index contributed by atoms with van der Waals surface area (Å²) >= 11 is 0. The fourth-order valence-corrected chi connectivity index (χ4v) is 3.09. The summed E-state index contributed by atoms with van der Waals surface area (Å²) in [4.78, 5) is 7.81. The van der Waals surface area contributed by atoms with E-state index >= 15 is 0 Å². The van der Waals surface area contributed by atoms with Crippen LogP contribution >= 0.6 is 0 Å². The largest absolute Gasteiger partial charge is 0.392 e. The minimum Gasteiger partial charge on any atom is -0.392 e. The number of aliphatic hydroxyl groups is 1. The smallest absolute Gasteiger partial charge is 0.264 e. The molecule has 7 heteroatoms. The first kappa shape index (κ1) is 14.4. The van der Waals surface area contributed by atoms with Gasteiger partial charge >= 0.3 is 0 Å². The van der Waals surface area contributed by atoms with Gasteiger partial charge in [0, 0.05) is 12.4 Å². The van der Waals surface area contributed by atoms with Gasteiger partial charge in [0.15, 0.2) is 0 Å². The molecule has 2 rings (SSSR count). The second-order valence-corrected chi connectivity index (χ2v) is 5.78. The second-order valence-electron chi connectivity index (χ2n) is 4.13. The monoisotopic (exact) mass is 293 g/mol. The summed E-state index contributed by atoms with van der Waals surface area (Å²) < 4.78 is 27.1. The highest BCUT2D eigenvalue weighted by molar-refractivity contribution is 7.92. The van der Waals surface area contributed by atoms with Crippen LogP contribution in [-0.4, -0.2) is 23.5 Å². The summed E-state index contributed by atoms with van der Waals surface area (Å²) in [5.74, 6) is 0.0176. The van der Waals surface area contributed by atoms with Crippen molar-refractivity contribution in [1.29, 1.82) is 0 Å². The lowest BCUT2D eigenvalue weighted by Crippen LogP contribution is -2.17. The summed E-state index contributed by atoms with van der Waals surface area (Å²) in [6.45, 7) is 1.65. The number of aromatic nitrogens is 2. The SMILES string of the molecule is CCc1ccc(CO)cc1S(=O)(=O)Nc1ncccn1. The maximum atomic E-state index is 12.4. The van der Waals surface area contributed by atoms with Crippen LogP contribution in [0.4, 0.5) is 5.95 Å². The number of aliphatic hydroxyl groups excluding tert-OH is 1. The molecule has 6 nitrogen and oxygen atoms in total. The molecule has 0 aliphatic heterocycles.